The summed E-state index contributed by atoms with van der Waals surface area (Å²) in [7, 11) is 0. The van der Waals surface area contributed by atoms with Crippen molar-refractivity contribution in [3.05, 3.63) is 0 Å². The molecule has 0 aromatic rings. The summed E-state index contributed by atoms with van der Waals surface area (Å²) in [6.45, 7) is 5.98. The van der Waals surface area contributed by atoms with Crippen molar-refractivity contribution >= 4 is 11.9 Å². The number of ether oxygens (including phenoxy) is 2. The zero-order valence-electron chi connectivity index (χ0n) is 11.4. The molecule has 0 aromatic carbocycles. The third kappa shape index (κ3) is 2.38. The first kappa shape index (κ1) is 13.4. The minimum Gasteiger partial charge on any atom is -0.466 e. The third-order valence-electron chi connectivity index (χ3n) is 4.87. The van der Waals surface area contributed by atoms with Gasteiger partial charge in [-0.3, -0.25) is 9.59 Å². The van der Waals surface area contributed by atoms with Crippen molar-refractivity contribution in [1.82, 2.24) is 0 Å². The van der Waals surface area contributed by atoms with Crippen molar-refractivity contribution in [2.75, 3.05) is 13.2 Å². The molecule has 2 aliphatic rings. The second kappa shape index (κ2) is 4.90. The Morgan fingerprint density at radius 3 is 2.44 bits per heavy atom. The van der Waals surface area contributed by atoms with Gasteiger partial charge >= 0.3 is 11.9 Å². The lowest BCUT2D eigenvalue weighted by Gasteiger charge is -2.40. The Morgan fingerprint density at radius 2 is 1.83 bits per heavy atom. The maximum Gasteiger partial charge on any atom is 0.302 e. The van der Waals surface area contributed by atoms with Gasteiger partial charge in [-0.25, -0.2) is 0 Å². The van der Waals surface area contributed by atoms with Gasteiger partial charge in [-0.2, -0.15) is 0 Å². The molecule has 2 aliphatic carbocycles. The second-order valence-electron chi connectivity index (χ2n) is 5.97. The normalized spacial score (nSPS) is 37.6. The van der Waals surface area contributed by atoms with Crippen LogP contribution >= 0.6 is 0 Å². The molecule has 2 saturated carbocycles. The Bertz CT molecular complexity index is 352. The van der Waals surface area contributed by atoms with E-state index in [1.165, 1.54) is 33.1 Å². The number of fused-ring (bicyclic) bond motifs is 2. The smallest absolute Gasteiger partial charge is 0.302 e. The van der Waals surface area contributed by atoms with E-state index < -0.39 is 0 Å². The Hall–Kier alpha value is -1.06. The van der Waals surface area contributed by atoms with Crippen molar-refractivity contribution in [2.24, 2.45) is 23.2 Å². The van der Waals surface area contributed by atoms with Gasteiger partial charge in [0, 0.05) is 25.2 Å². The lowest BCUT2D eigenvalue weighted by molar-refractivity contribution is -0.152. The van der Waals surface area contributed by atoms with Gasteiger partial charge in [0.2, 0.25) is 0 Å². The monoisotopic (exact) mass is 254 g/mol. The third-order valence-corrected chi connectivity index (χ3v) is 4.87. The molecule has 2 rings (SSSR count). The molecule has 0 amide bonds. The molecule has 4 nitrogen and oxygen atoms in total. The predicted octanol–water partition coefficient (Wildman–Crippen LogP) is 2.17. The summed E-state index contributed by atoms with van der Waals surface area (Å²) in [4.78, 5) is 22.0. The van der Waals surface area contributed by atoms with Crippen LogP contribution in [0, 0.1) is 23.2 Å². The molecule has 4 atom stereocenters. The lowest BCUT2D eigenvalue weighted by atomic mass is 9.68. The zero-order valence-corrected chi connectivity index (χ0v) is 11.4. The van der Waals surface area contributed by atoms with Crippen molar-refractivity contribution < 1.29 is 19.1 Å². The highest BCUT2D eigenvalue weighted by Crippen LogP contribution is 2.59. The Labute approximate surface area is 108 Å². The van der Waals surface area contributed by atoms with Crippen LogP contribution in [0.2, 0.25) is 0 Å². The van der Waals surface area contributed by atoms with Crippen LogP contribution < -0.4 is 0 Å². The summed E-state index contributed by atoms with van der Waals surface area (Å²) in [5.74, 6) is 1.09. The Morgan fingerprint density at radius 1 is 1.17 bits per heavy atom. The van der Waals surface area contributed by atoms with Crippen LogP contribution in [-0.2, 0) is 19.1 Å². The molecule has 2 fully saturated rings. The standard InChI is InChI=1S/C14H22O4/c1-9(15)17-7-13-11-4-5-12(6-11)14(13,3)8-18-10(2)16/h11-13H,4-8H2,1-3H3/t11?,12?,13-,14+/m1/s1. The fourth-order valence-electron chi connectivity index (χ4n) is 3.84. The maximum atomic E-state index is 11.0. The fraction of sp³-hybridized carbons (Fsp3) is 0.857. The molecule has 2 unspecified atom stereocenters. The summed E-state index contributed by atoms with van der Waals surface area (Å²) < 4.78 is 10.4. The van der Waals surface area contributed by atoms with E-state index in [1.807, 2.05) is 0 Å². The van der Waals surface area contributed by atoms with Gasteiger partial charge in [-0.15, -0.1) is 0 Å². The summed E-state index contributed by atoms with van der Waals surface area (Å²) in [6.07, 6.45) is 3.61. The SMILES string of the molecule is CC(=O)OC[C@@H]1C2CCC(C2)[C@]1(C)COC(C)=O. The molecule has 102 valence electrons. The van der Waals surface area contributed by atoms with Crippen LogP contribution in [0.4, 0.5) is 0 Å². The summed E-state index contributed by atoms with van der Waals surface area (Å²) in [5, 5.41) is 0. The van der Waals surface area contributed by atoms with E-state index in [9.17, 15) is 9.59 Å². The molecule has 0 aromatic heterocycles. The van der Waals surface area contributed by atoms with Crippen LogP contribution in [0.1, 0.15) is 40.0 Å². The van der Waals surface area contributed by atoms with Gasteiger partial charge in [0.15, 0.2) is 0 Å². The predicted molar refractivity (Wildman–Crippen MR) is 65.7 cm³/mol. The molecule has 0 saturated heterocycles. The Balaban J connectivity index is 2.04. The zero-order chi connectivity index (χ0) is 13.3. The molecule has 18 heavy (non-hydrogen) atoms. The Kier molecular flexibility index (Phi) is 3.64. The van der Waals surface area contributed by atoms with Crippen molar-refractivity contribution in [3.8, 4) is 0 Å². The molecule has 0 aliphatic heterocycles. The van der Waals surface area contributed by atoms with Gasteiger partial charge in [0.25, 0.3) is 0 Å². The first-order valence-electron chi connectivity index (χ1n) is 6.70. The van der Waals surface area contributed by atoms with Crippen LogP contribution in [0.5, 0.6) is 0 Å². The van der Waals surface area contributed by atoms with E-state index >= 15 is 0 Å². The topological polar surface area (TPSA) is 52.6 Å². The summed E-state index contributed by atoms with van der Waals surface area (Å²) in [5.41, 5.74) is -0.0238. The summed E-state index contributed by atoms with van der Waals surface area (Å²) >= 11 is 0. The highest BCUT2D eigenvalue weighted by molar-refractivity contribution is 5.66. The van der Waals surface area contributed by atoms with Crippen LogP contribution in [0.15, 0.2) is 0 Å². The van der Waals surface area contributed by atoms with E-state index in [-0.39, 0.29) is 17.4 Å². The molecule has 0 spiro atoms. The summed E-state index contributed by atoms with van der Waals surface area (Å²) in [6, 6.07) is 0. The number of rotatable bonds is 4. The van der Waals surface area contributed by atoms with Gasteiger partial charge < -0.3 is 9.47 Å². The van der Waals surface area contributed by atoms with E-state index in [1.54, 1.807) is 0 Å². The molecular formula is C14H22O4. The van der Waals surface area contributed by atoms with Gasteiger partial charge in [0.1, 0.15) is 0 Å². The van der Waals surface area contributed by atoms with Crippen LogP contribution in [-0.4, -0.2) is 25.2 Å². The van der Waals surface area contributed by atoms with E-state index in [0.717, 1.165) is 0 Å². The minimum absolute atomic E-state index is 0.0238. The fourth-order valence-corrected chi connectivity index (χ4v) is 3.84. The molecule has 0 N–H and O–H groups in total. The first-order chi connectivity index (χ1) is 8.43. The maximum absolute atomic E-state index is 11.0. The highest BCUT2D eigenvalue weighted by Gasteiger charge is 2.56. The molecular weight excluding hydrogens is 232 g/mol. The number of carbonyl (C=O) groups excluding carboxylic acids is 2. The average Bonchev–Trinajstić information content (AvgIpc) is 2.84. The molecule has 0 radical (unpaired) electrons. The number of esters is 2. The van der Waals surface area contributed by atoms with E-state index in [2.05, 4.69) is 6.92 Å². The first-order valence-corrected chi connectivity index (χ1v) is 6.70. The van der Waals surface area contributed by atoms with Gasteiger partial charge in [0.05, 0.1) is 13.2 Å². The number of hydrogen-bond donors (Lipinski definition) is 0. The van der Waals surface area contributed by atoms with Crippen molar-refractivity contribution in [3.63, 3.8) is 0 Å². The average molecular weight is 254 g/mol. The minimum atomic E-state index is -0.231. The van der Waals surface area contributed by atoms with E-state index in [4.69, 9.17) is 9.47 Å². The number of carbonyl (C=O) groups is 2. The second-order valence-corrected chi connectivity index (χ2v) is 5.97. The van der Waals surface area contributed by atoms with E-state index in [0.29, 0.717) is 31.0 Å². The van der Waals surface area contributed by atoms with Gasteiger partial charge in [-0.05, 0) is 31.1 Å². The van der Waals surface area contributed by atoms with Crippen molar-refractivity contribution in [2.45, 2.75) is 40.0 Å². The quantitative estimate of drug-likeness (QED) is 0.721. The molecule has 4 heteroatoms. The largest absolute Gasteiger partial charge is 0.466 e. The van der Waals surface area contributed by atoms with Gasteiger partial charge in [-0.1, -0.05) is 6.92 Å². The van der Waals surface area contributed by atoms with Crippen LogP contribution in [0.3, 0.4) is 0 Å². The highest BCUT2D eigenvalue weighted by atomic mass is 16.5. The molecule has 2 bridgehead atoms. The lowest BCUT2D eigenvalue weighted by Crippen LogP contribution is -2.41. The molecule has 0 heterocycles. The number of hydrogen-bond acceptors (Lipinski definition) is 4. The van der Waals surface area contributed by atoms with Crippen molar-refractivity contribution in [1.29, 1.82) is 0 Å². The van der Waals surface area contributed by atoms with Crippen LogP contribution in [0.25, 0.3) is 0 Å².